The van der Waals surface area contributed by atoms with Crippen LogP contribution in [0, 0.1) is 11.6 Å². The summed E-state index contributed by atoms with van der Waals surface area (Å²) >= 11 is 0. The van der Waals surface area contributed by atoms with Gasteiger partial charge in [0.05, 0.1) is 5.69 Å². The second-order valence-corrected chi connectivity index (χ2v) is 3.65. The molecule has 0 aliphatic heterocycles. The molecule has 6 heteroatoms. The smallest absolute Gasteiger partial charge is 0.149 e. The van der Waals surface area contributed by atoms with Crippen LogP contribution in [0.3, 0.4) is 0 Å². The van der Waals surface area contributed by atoms with Crippen LogP contribution in [0.25, 0.3) is 0 Å². The Morgan fingerprint density at radius 1 is 1.22 bits per heavy atom. The Morgan fingerprint density at radius 3 is 2.78 bits per heavy atom. The lowest BCUT2D eigenvalue weighted by molar-refractivity contribution is 0.586. The number of nitrogens with two attached hydrogens (primary N) is 1. The fourth-order valence-electron chi connectivity index (χ4n) is 1.45. The SMILES string of the molecule is NCCc1nccc(Nc2ccc(F)cc2F)n1. The molecule has 0 amide bonds. The number of nitrogens with zero attached hydrogens (tertiary/aromatic N) is 2. The van der Waals surface area contributed by atoms with Gasteiger partial charge in [-0.05, 0) is 24.7 Å². The average Bonchev–Trinajstić information content (AvgIpc) is 2.34. The number of rotatable bonds is 4. The number of halogens is 2. The van der Waals surface area contributed by atoms with Gasteiger partial charge in [-0.1, -0.05) is 0 Å². The second-order valence-electron chi connectivity index (χ2n) is 3.65. The zero-order chi connectivity index (χ0) is 13.0. The fraction of sp³-hybridized carbons (Fsp3) is 0.167. The van der Waals surface area contributed by atoms with Crippen molar-refractivity contribution in [3.63, 3.8) is 0 Å². The van der Waals surface area contributed by atoms with Gasteiger partial charge in [-0.15, -0.1) is 0 Å². The lowest BCUT2D eigenvalue weighted by Gasteiger charge is -2.07. The van der Waals surface area contributed by atoms with Gasteiger partial charge in [-0.3, -0.25) is 0 Å². The molecule has 1 heterocycles. The zero-order valence-electron chi connectivity index (χ0n) is 9.53. The number of hydrogen-bond acceptors (Lipinski definition) is 4. The first-order valence-electron chi connectivity index (χ1n) is 5.43. The molecule has 1 aromatic carbocycles. The molecule has 0 radical (unpaired) electrons. The third-order valence-electron chi connectivity index (χ3n) is 2.27. The number of anilines is 2. The van der Waals surface area contributed by atoms with Crippen molar-refractivity contribution in [2.24, 2.45) is 5.73 Å². The Morgan fingerprint density at radius 2 is 2.06 bits per heavy atom. The highest BCUT2D eigenvalue weighted by atomic mass is 19.1. The lowest BCUT2D eigenvalue weighted by atomic mass is 10.3. The van der Waals surface area contributed by atoms with E-state index in [4.69, 9.17) is 5.73 Å². The van der Waals surface area contributed by atoms with Gasteiger partial charge >= 0.3 is 0 Å². The van der Waals surface area contributed by atoms with Crippen molar-refractivity contribution in [3.8, 4) is 0 Å². The van der Waals surface area contributed by atoms with Gasteiger partial charge in [0.1, 0.15) is 23.3 Å². The molecule has 0 unspecified atom stereocenters. The highest BCUT2D eigenvalue weighted by molar-refractivity contribution is 5.56. The summed E-state index contributed by atoms with van der Waals surface area (Å²) in [6.45, 7) is 0.439. The lowest BCUT2D eigenvalue weighted by Crippen LogP contribution is -2.07. The Hall–Kier alpha value is -2.08. The van der Waals surface area contributed by atoms with Crippen molar-refractivity contribution in [1.82, 2.24) is 9.97 Å². The molecule has 2 aromatic rings. The maximum atomic E-state index is 13.4. The maximum absolute atomic E-state index is 13.4. The van der Waals surface area contributed by atoms with E-state index >= 15 is 0 Å². The summed E-state index contributed by atoms with van der Waals surface area (Å²) < 4.78 is 26.2. The highest BCUT2D eigenvalue weighted by Gasteiger charge is 2.05. The first-order chi connectivity index (χ1) is 8.69. The number of hydrogen-bond donors (Lipinski definition) is 2. The Balaban J connectivity index is 2.20. The van der Waals surface area contributed by atoms with E-state index in [9.17, 15) is 8.78 Å². The van der Waals surface area contributed by atoms with Crippen LogP contribution in [-0.4, -0.2) is 16.5 Å². The first-order valence-corrected chi connectivity index (χ1v) is 5.43. The summed E-state index contributed by atoms with van der Waals surface area (Å²) in [7, 11) is 0. The van der Waals surface area contributed by atoms with E-state index in [0.717, 1.165) is 6.07 Å². The topological polar surface area (TPSA) is 63.8 Å². The molecule has 0 bridgehead atoms. The van der Waals surface area contributed by atoms with Gasteiger partial charge < -0.3 is 11.1 Å². The van der Waals surface area contributed by atoms with Crippen molar-refractivity contribution in [2.45, 2.75) is 6.42 Å². The van der Waals surface area contributed by atoms with Crippen LogP contribution < -0.4 is 11.1 Å². The minimum absolute atomic E-state index is 0.161. The van der Waals surface area contributed by atoms with Crippen LogP contribution in [0.5, 0.6) is 0 Å². The maximum Gasteiger partial charge on any atom is 0.149 e. The molecule has 0 aliphatic rings. The summed E-state index contributed by atoms with van der Waals surface area (Å²) in [6, 6.07) is 4.90. The third-order valence-corrected chi connectivity index (χ3v) is 2.27. The van der Waals surface area contributed by atoms with Crippen LogP contribution in [0.1, 0.15) is 5.82 Å². The Kier molecular flexibility index (Phi) is 3.78. The molecule has 0 saturated heterocycles. The predicted molar refractivity (Wildman–Crippen MR) is 64.4 cm³/mol. The molecular formula is C12H12F2N4. The van der Waals surface area contributed by atoms with Gasteiger partial charge in [0, 0.05) is 18.7 Å². The van der Waals surface area contributed by atoms with Crippen molar-refractivity contribution >= 4 is 11.5 Å². The molecule has 0 atom stereocenters. The summed E-state index contributed by atoms with van der Waals surface area (Å²) in [5.74, 6) is -0.275. The molecule has 4 nitrogen and oxygen atoms in total. The van der Waals surface area contributed by atoms with Crippen LogP contribution in [0.4, 0.5) is 20.3 Å². The molecule has 0 saturated carbocycles. The molecular weight excluding hydrogens is 238 g/mol. The van der Waals surface area contributed by atoms with E-state index in [1.807, 2.05) is 0 Å². The highest BCUT2D eigenvalue weighted by Crippen LogP contribution is 2.19. The van der Waals surface area contributed by atoms with E-state index in [-0.39, 0.29) is 5.69 Å². The van der Waals surface area contributed by atoms with E-state index in [2.05, 4.69) is 15.3 Å². The van der Waals surface area contributed by atoms with E-state index in [0.29, 0.717) is 24.6 Å². The van der Waals surface area contributed by atoms with Crippen molar-refractivity contribution < 1.29 is 8.78 Å². The van der Waals surface area contributed by atoms with Gasteiger partial charge in [0.2, 0.25) is 0 Å². The largest absolute Gasteiger partial charge is 0.338 e. The summed E-state index contributed by atoms with van der Waals surface area (Å²) in [5, 5.41) is 2.76. The molecule has 18 heavy (non-hydrogen) atoms. The molecule has 0 fully saturated rings. The quantitative estimate of drug-likeness (QED) is 0.871. The van der Waals surface area contributed by atoms with Crippen molar-refractivity contribution in [2.75, 3.05) is 11.9 Å². The van der Waals surface area contributed by atoms with Crippen LogP contribution in [-0.2, 0) is 6.42 Å². The van der Waals surface area contributed by atoms with Gasteiger partial charge in [0.15, 0.2) is 0 Å². The van der Waals surface area contributed by atoms with Crippen molar-refractivity contribution in [1.29, 1.82) is 0 Å². The van der Waals surface area contributed by atoms with Gasteiger partial charge in [-0.25, -0.2) is 18.7 Å². The zero-order valence-corrected chi connectivity index (χ0v) is 9.53. The molecule has 2 rings (SSSR count). The fourth-order valence-corrected chi connectivity index (χ4v) is 1.45. The Bertz CT molecular complexity index is 545. The third kappa shape index (κ3) is 2.98. The monoisotopic (exact) mass is 250 g/mol. The molecule has 94 valence electrons. The second kappa shape index (κ2) is 5.50. The van der Waals surface area contributed by atoms with Gasteiger partial charge in [-0.2, -0.15) is 0 Å². The predicted octanol–water partition coefficient (Wildman–Crippen LogP) is 2.00. The molecule has 3 N–H and O–H groups in total. The number of nitrogens with one attached hydrogen (secondary N) is 1. The molecule has 0 aliphatic carbocycles. The van der Waals surface area contributed by atoms with Crippen LogP contribution in [0.2, 0.25) is 0 Å². The average molecular weight is 250 g/mol. The first kappa shape index (κ1) is 12.4. The summed E-state index contributed by atoms with van der Waals surface area (Å²) in [4.78, 5) is 8.18. The minimum atomic E-state index is -0.672. The summed E-state index contributed by atoms with van der Waals surface area (Å²) in [6.07, 6.45) is 2.10. The van der Waals surface area contributed by atoms with E-state index < -0.39 is 11.6 Å². The normalized spacial score (nSPS) is 10.4. The minimum Gasteiger partial charge on any atom is -0.338 e. The van der Waals surface area contributed by atoms with Gasteiger partial charge in [0.25, 0.3) is 0 Å². The Labute approximate surface area is 103 Å². The number of benzene rings is 1. The van der Waals surface area contributed by atoms with E-state index in [1.165, 1.54) is 12.1 Å². The van der Waals surface area contributed by atoms with E-state index in [1.54, 1.807) is 12.3 Å². The van der Waals surface area contributed by atoms with Crippen LogP contribution >= 0.6 is 0 Å². The summed E-state index contributed by atoms with van der Waals surface area (Å²) in [5.41, 5.74) is 5.56. The van der Waals surface area contributed by atoms with Crippen molar-refractivity contribution in [3.05, 3.63) is 47.9 Å². The van der Waals surface area contributed by atoms with Crippen LogP contribution in [0.15, 0.2) is 30.5 Å². The molecule has 1 aromatic heterocycles. The standard InChI is InChI=1S/C12H12F2N4/c13-8-1-2-10(9(14)7-8)17-12-4-6-16-11(18-12)3-5-15/h1-2,4,6-7H,3,5,15H2,(H,16,17,18). The molecule has 0 spiro atoms. The number of aromatic nitrogens is 2.